The van der Waals surface area contributed by atoms with Crippen LogP contribution in [-0.2, 0) is 0 Å². The number of carbonyl (C=O) groups is 2. The Kier molecular flexibility index (Phi) is 4.28. The van der Waals surface area contributed by atoms with E-state index in [4.69, 9.17) is 0 Å². The molecule has 4 heteroatoms. The molecule has 1 aliphatic rings. The Hall–Kier alpha value is -2.49. The minimum absolute atomic E-state index is 0.0135. The van der Waals surface area contributed by atoms with Crippen molar-refractivity contribution in [3.8, 4) is 0 Å². The highest BCUT2D eigenvalue weighted by Crippen LogP contribution is 2.23. The maximum atomic E-state index is 12.5. The van der Waals surface area contributed by atoms with Crippen LogP contribution in [0.5, 0.6) is 0 Å². The van der Waals surface area contributed by atoms with Crippen molar-refractivity contribution < 1.29 is 9.59 Å². The molecule has 2 heterocycles. The lowest BCUT2D eigenvalue weighted by atomic mass is 10.0. The van der Waals surface area contributed by atoms with Crippen LogP contribution in [0.3, 0.4) is 0 Å². The average Bonchev–Trinajstić information content (AvgIpc) is 3.04. The second-order valence-corrected chi connectivity index (χ2v) is 5.53. The first kappa shape index (κ1) is 14.4. The Balaban J connectivity index is 1.71. The largest absolute Gasteiger partial charge is 0.335 e. The summed E-state index contributed by atoms with van der Waals surface area (Å²) in [6.07, 6.45) is 5.44. The van der Waals surface area contributed by atoms with Crippen molar-refractivity contribution in [3.63, 3.8) is 0 Å². The maximum absolute atomic E-state index is 12.5. The molecule has 4 nitrogen and oxygen atoms in total. The van der Waals surface area contributed by atoms with Crippen LogP contribution >= 0.6 is 0 Å². The molecule has 0 saturated carbocycles. The van der Waals surface area contributed by atoms with Gasteiger partial charge < -0.3 is 4.90 Å². The summed E-state index contributed by atoms with van der Waals surface area (Å²) in [7, 11) is 0. The Bertz CT molecular complexity index is 655. The average molecular weight is 294 g/mol. The van der Waals surface area contributed by atoms with Gasteiger partial charge in [-0.25, -0.2) is 0 Å². The monoisotopic (exact) mass is 294 g/mol. The van der Waals surface area contributed by atoms with Crippen molar-refractivity contribution in [2.75, 3.05) is 6.54 Å². The molecule has 0 radical (unpaired) electrons. The fourth-order valence-corrected chi connectivity index (χ4v) is 2.93. The number of benzene rings is 1. The number of carbonyl (C=O) groups excluding carboxylic acids is 2. The smallest absolute Gasteiger partial charge is 0.255 e. The van der Waals surface area contributed by atoms with Crippen molar-refractivity contribution in [1.82, 2.24) is 9.88 Å². The highest BCUT2D eigenvalue weighted by Gasteiger charge is 2.31. The van der Waals surface area contributed by atoms with E-state index in [-0.39, 0.29) is 17.7 Å². The Morgan fingerprint density at radius 3 is 2.59 bits per heavy atom. The normalized spacial score (nSPS) is 17.5. The first-order chi connectivity index (χ1) is 10.8. The molecule has 1 aromatic carbocycles. The van der Waals surface area contributed by atoms with Crippen molar-refractivity contribution in [2.45, 2.75) is 25.3 Å². The van der Waals surface area contributed by atoms with Crippen LogP contribution in [0.1, 0.15) is 40.0 Å². The van der Waals surface area contributed by atoms with Crippen LogP contribution in [-0.4, -0.2) is 34.2 Å². The quantitative estimate of drug-likeness (QED) is 0.815. The minimum Gasteiger partial charge on any atom is -0.335 e. The SMILES string of the molecule is O=C(C[C@@H]1CCCN1C(=O)c1cccnc1)c1ccccc1. The van der Waals surface area contributed by atoms with E-state index in [1.807, 2.05) is 35.2 Å². The van der Waals surface area contributed by atoms with Gasteiger partial charge in [-0.15, -0.1) is 0 Å². The topological polar surface area (TPSA) is 50.3 Å². The Labute approximate surface area is 129 Å². The molecule has 2 aromatic rings. The first-order valence-electron chi connectivity index (χ1n) is 7.55. The molecular weight excluding hydrogens is 276 g/mol. The van der Waals surface area contributed by atoms with Gasteiger partial charge in [0, 0.05) is 37.0 Å². The zero-order valence-corrected chi connectivity index (χ0v) is 12.3. The van der Waals surface area contributed by atoms with Gasteiger partial charge in [0.05, 0.1) is 5.56 Å². The molecule has 1 aromatic heterocycles. The Morgan fingerprint density at radius 2 is 1.86 bits per heavy atom. The van der Waals surface area contributed by atoms with Crippen LogP contribution in [0, 0.1) is 0 Å². The summed E-state index contributed by atoms with van der Waals surface area (Å²) in [5, 5.41) is 0. The fraction of sp³-hybridized carbons (Fsp3) is 0.278. The number of likely N-dealkylation sites (tertiary alicyclic amines) is 1. The molecule has 1 amide bonds. The zero-order chi connectivity index (χ0) is 15.4. The lowest BCUT2D eigenvalue weighted by Gasteiger charge is -2.24. The third-order valence-corrected chi connectivity index (χ3v) is 4.06. The second kappa shape index (κ2) is 6.52. The highest BCUT2D eigenvalue weighted by molar-refractivity contribution is 5.98. The third kappa shape index (κ3) is 3.06. The molecule has 1 atom stereocenters. The van der Waals surface area contributed by atoms with E-state index in [9.17, 15) is 9.59 Å². The second-order valence-electron chi connectivity index (χ2n) is 5.53. The first-order valence-corrected chi connectivity index (χ1v) is 7.55. The van der Waals surface area contributed by atoms with Crippen LogP contribution in [0.2, 0.25) is 0 Å². The van der Waals surface area contributed by atoms with Crippen molar-refractivity contribution >= 4 is 11.7 Å². The molecule has 0 spiro atoms. The molecule has 1 aliphatic heterocycles. The van der Waals surface area contributed by atoms with E-state index < -0.39 is 0 Å². The number of amides is 1. The van der Waals surface area contributed by atoms with Gasteiger partial charge in [-0.1, -0.05) is 30.3 Å². The predicted octanol–water partition coefficient (Wildman–Crippen LogP) is 2.96. The fourth-order valence-electron chi connectivity index (χ4n) is 2.93. The lowest BCUT2D eigenvalue weighted by molar-refractivity contribution is 0.0716. The molecule has 112 valence electrons. The van der Waals surface area contributed by atoms with Crippen molar-refractivity contribution in [1.29, 1.82) is 0 Å². The summed E-state index contributed by atoms with van der Waals surface area (Å²) in [5.74, 6) is 0.0629. The molecule has 1 fully saturated rings. The van der Waals surface area contributed by atoms with Crippen LogP contribution in [0.15, 0.2) is 54.9 Å². The summed E-state index contributed by atoms with van der Waals surface area (Å²) in [6.45, 7) is 0.709. The molecular formula is C18H18N2O2. The van der Waals surface area contributed by atoms with E-state index in [0.717, 1.165) is 12.8 Å². The van der Waals surface area contributed by atoms with Gasteiger partial charge in [0.2, 0.25) is 0 Å². The molecule has 1 saturated heterocycles. The summed E-state index contributed by atoms with van der Waals surface area (Å²) in [5.41, 5.74) is 1.30. The molecule has 0 N–H and O–H groups in total. The van der Waals surface area contributed by atoms with Crippen molar-refractivity contribution in [3.05, 3.63) is 66.0 Å². The molecule has 22 heavy (non-hydrogen) atoms. The summed E-state index contributed by atoms with van der Waals surface area (Å²) < 4.78 is 0. The van der Waals surface area contributed by atoms with Crippen LogP contribution in [0.25, 0.3) is 0 Å². The van der Waals surface area contributed by atoms with Crippen LogP contribution in [0.4, 0.5) is 0 Å². The number of hydrogen-bond acceptors (Lipinski definition) is 3. The van der Waals surface area contributed by atoms with Gasteiger partial charge in [0.25, 0.3) is 5.91 Å². The van der Waals surface area contributed by atoms with E-state index in [0.29, 0.717) is 24.1 Å². The number of nitrogens with zero attached hydrogens (tertiary/aromatic N) is 2. The van der Waals surface area contributed by atoms with Gasteiger partial charge in [-0.05, 0) is 25.0 Å². The molecule has 0 bridgehead atoms. The number of hydrogen-bond donors (Lipinski definition) is 0. The standard InChI is InChI=1S/C18H18N2O2/c21-17(14-6-2-1-3-7-14)12-16-9-5-11-20(16)18(22)15-8-4-10-19-13-15/h1-4,6-8,10,13,16H,5,9,11-12H2/t16-/m0/s1. The third-order valence-electron chi connectivity index (χ3n) is 4.06. The number of aromatic nitrogens is 1. The zero-order valence-electron chi connectivity index (χ0n) is 12.3. The van der Waals surface area contributed by atoms with Gasteiger partial charge >= 0.3 is 0 Å². The number of ketones is 1. The van der Waals surface area contributed by atoms with E-state index >= 15 is 0 Å². The molecule has 0 unspecified atom stereocenters. The Morgan fingerprint density at radius 1 is 1.09 bits per heavy atom. The van der Waals surface area contributed by atoms with Crippen molar-refractivity contribution in [2.24, 2.45) is 0 Å². The summed E-state index contributed by atoms with van der Waals surface area (Å²) >= 11 is 0. The maximum Gasteiger partial charge on any atom is 0.255 e. The van der Waals surface area contributed by atoms with Gasteiger partial charge in [0.15, 0.2) is 5.78 Å². The summed E-state index contributed by atoms with van der Waals surface area (Å²) in [4.78, 5) is 30.7. The van der Waals surface area contributed by atoms with E-state index in [2.05, 4.69) is 4.98 Å². The molecule has 3 rings (SSSR count). The predicted molar refractivity (Wildman–Crippen MR) is 83.7 cm³/mol. The van der Waals surface area contributed by atoms with Gasteiger partial charge in [0.1, 0.15) is 0 Å². The lowest BCUT2D eigenvalue weighted by Crippen LogP contribution is -2.36. The van der Waals surface area contributed by atoms with E-state index in [1.54, 1.807) is 24.5 Å². The minimum atomic E-state index is -0.0311. The molecule has 0 aliphatic carbocycles. The number of Topliss-reactive ketones (excluding diaryl/α,β-unsaturated/α-hetero) is 1. The van der Waals surface area contributed by atoms with Crippen LogP contribution < -0.4 is 0 Å². The van der Waals surface area contributed by atoms with E-state index in [1.165, 1.54) is 0 Å². The highest BCUT2D eigenvalue weighted by atomic mass is 16.2. The van der Waals surface area contributed by atoms with Gasteiger partial charge in [-0.3, -0.25) is 14.6 Å². The summed E-state index contributed by atoms with van der Waals surface area (Å²) in [6, 6.07) is 12.8. The van der Waals surface area contributed by atoms with Gasteiger partial charge in [-0.2, -0.15) is 0 Å². The number of pyridine rings is 1. The number of rotatable bonds is 4.